The first-order valence-electron chi connectivity index (χ1n) is 1.75. The fourth-order valence-corrected chi connectivity index (χ4v) is 0.125. The van der Waals surface area contributed by atoms with Gasteiger partial charge in [-0.1, -0.05) is 5.92 Å². The molecular weight excluding hydrogens is 135 g/mol. The largest absolute Gasteiger partial charge is 0.358 e. The van der Waals surface area contributed by atoms with Crippen molar-refractivity contribution in [3.63, 3.8) is 0 Å². The topological polar surface area (TPSA) is 0 Å². The average Bonchev–Trinajstić information content (AvgIpc) is 1.69. The van der Waals surface area contributed by atoms with Gasteiger partial charge in [0.25, 0.3) is 0 Å². The summed E-state index contributed by atoms with van der Waals surface area (Å²) in [5.74, 6) is 11.5. The van der Waals surface area contributed by atoms with Gasteiger partial charge in [-0.25, -0.2) is 5.92 Å². The first kappa shape index (κ1) is 10.3. The van der Waals surface area contributed by atoms with Gasteiger partial charge in [-0.3, -0.25) is 5.92 Å². The molecule has 0 nitrogen and oxygen atoms in total. The molecule has 0 aromatic rings. The van der Waals surface area contributed by atoms with Crippen LogP contribution in [-0.4, -0.2) is 0 Å². The summed E-state index contributed by atoms with van der Waals surface area (Å²) in [6, 6.07) is 0. The quantitative estimate of drug-likeness (QED) is 0.339. The molecule has 0 unspecified atom stereocenters. The monoisotopic (exact) mass is 138 g/mol. The molecule has 0 aliphatic heterocycles. The van der Waals surface area contributed by atoms with Crippen molar-refractivity contribution < 1.29 is 18.6 Å². The second kappa shape index (κ2) is 9.55. The van der Waals surface area contributed by atoms with Gasteiger partial charge in [-0.2, -0.15) is 0 Å². The first-order valence-corrected chi connectivity index (χ1v) is 1.75. The molecule has 8 heavy (non-hydrogen) atoms. The van der Waals surface area contributed by atoms with Gasteiger partial charge < -0.3 is 6.42 Å². The molecule has 0 bridgehead atoms. The van der Waals surface area contributed by atoms with Crippen molar-refractivity contribution in [2.75, 3.05) is 0 Å². The van der Waals surface area contributed by atoms with Crippen LogP contribution < -0.4 is 0 Å². The molecule has 0 saturated heterocycles. The summed E-state index contributed by atoms with van der Waals surface area (Å²) in [4.78, 5) is 0. The van der Waals surface area contributed by atoms with Gasteiger partial charge in [0.15, 0.2) is 0 Å². The van der Waals surface area contributed by atoms with Gasteiger partial charge in [0.1, 0.15) is 0 Å². The Morgan fingerprint density at radius 1 is 1.12 bits per heavy atom. The molecule has 0 heterocycles. The Kier molecular flexibility index (Phi) is 12.3. The van der Waals surface area contributed by atoms with Crippen LogP contribution in [0.5, 0.6) is 0 Å². The minimum atomic E-state index is 0. The molecule has 0 aromatic carbocycles. The van der Waals surface area contributed by atoms with Gasteiger partial charge in [0, 0.05) is 18.6 Å². The van der Waals surface area contributed by atoms with Crippen LogP contribution in [0.4, 0.5) is 0 Å². The Balaban J connectivity index is 0. The summed E-state index contributed by atoms with van der Waals surface area (Å²) in [6.45, 7) is 1.69. The Hall–Kier alpha value is -0.736. The zero-order valence-corrected chi connectivity index (χ0v) is 5.84. The van der Waals surface area contributed by atoms with E-state index >= 15 is 0 Å². The van der Waals surface area contributed by atoms with Crippen molar-refractivity contribution in [1.82, 2.24) is 0 Å². The number of hydrogen-bond donors (Lipinski definition) is 0. The SMILES string of the molecule is [C-]#CC#CC#CC.[V]. The predicted octanol–water partition coefficient (Wildman–Crippen LogP) is 0.600. The third kappa shape index (κ3) is 8.98. The Morgan fingerprint density at radius 3 is 2.12 bits per heavy atom. The van der Waals surface area contributed by atoms with E-state index in [0.717, 1.165) is 0 Å². The fourth-order valence-electron chi connectivity index (χ4n) is 0.125. The average molecular weight is 138 g/mol. The third-order valence-corrected chi connectivity index (χ3v) is 0.312. The van der Waals surface area contributed by atoms with Crippen LogP contribution in [0.1, 0.15) is 6.92 Å². The molecule has 0 rings (SSSR count). The molecular formula is C7H3V-. The molecule has 37 valence electrons. The summed E-state index contributed by atoms with van der Waals surface area (Å²) in [5.41, 5.74) is 0. The Morgan fingerprint density at radius 2 is 1.75 bits per heavy atom. The van der Waals surface area contributed by atoms with E-state index < -0.39 is 0 Å². The minimum Gasteiger partial charge on any atom is -0.358 e. The molecule has 0 fully saturated rings. The van der Waals surface area contributed by atoms with E-state index in [9.17, 15) is 0 Å². The van der Waals surface area contributed by atoms with E-state index in [1.807, 2.05) is 5.92 Å². The predicted molar refractivity (Wildman–Crippen MR) is 28.4 cm³/mol. The van der Waals surface area contributed by atoms with Gasteiger partial charge >= 0.3 is 0 Å². The van der Waals surface area contributed by atoms with Crippen molar-refractivity contribution in [3.8, 4) is 29.6 Å². The third-order valence-electron chi connectivity index (χ3n) is 0.312. The van der Waals surface area contributed by atoms with Crippen molar-refractivity contribution in [3.05, 3.63) is 6.42 Å². The molecule has 0 amide bonds. The Labute approximate surface area is 61.9 Å². The zero-order chi connectivity index (χ0) is 5.54. The van der Waals surface area contributed by atoms with Crippen molar-refractivity contribution in [2.24, 2.45) is 0 Å². The standard InChI is InChI=1S/C7H3.V/c1-3-5-7-6-4-2;/h1H3;/q-1;. The molecule has 0 N–H and O–H groups in total. The minimum absolute atomic E-state index is 0. The molecule has 0 saturated carbocycles. The zero-order valence-electron chi connectivity index (χ0n) is 4.45. The van der Waals surface area contributed by atoms with Crippen LogP contribution in [0.3, 0.4) is 0 Å². The maximum atomic E-state index is 6.29. The molecule has 0 aliphatic carbocycles. The van der Waals surface area contributed by atoms with E-state index in [1.165, 1.54) is 0 Å². The van der Waals surface area contributed by atoms with Crippen molar-refractivity contribution in [1.29, 1.82) is 0 Å². The molecule has 1 heteroatoms. The van der Waals surface area contributed by atoms with Crippen LogP contribution >= 0.6 is 0 Å². The summed E-state index contributed by atoms with van der Waals surface area (Å²) in [6.07, 6.45) is 6.29. The van der Waals surface area contributed by atoms with E-state index in [-0.39, 0.29) is 18.6 Å². The number of rotatable bonds is 0. The maximum absolute atomic E-state index is 6.29. The molecule has 1 radical (unpaired) electrons. The molecule has 0 aliphatic rings. The van der Waals surface area contributed by atoms with Crippen LogP contribution in [0, 0.1) is 36.0 Å². The number of hydrogen-bond acceptors (Lipinski definition) is 0. The Bertz CT molecular complexity index is 186. The van der Waals surface area contributed by atoms with Crippen LogP contribution in [0.15, 0.2) is 0 Å². The normalized spacial score (nSPS) is 3.00. The summed E-state index contributed by atoms with van der Waals surface area (Å²) >= 11 is 0. The summed E-state index contributed by atoms with van der Waals surface area (Å²) in [7, 11) is 0. The second-order valence-corrected chi connectivity index (χ2v) is 0.750. The van der Waals surface area contributed by atoms with Crippen LogP contribution in [0.25, 0.3) is 0 Å². The first-order chi connectivity index (χ1) is 3.41. The van der Waals surface area contributed by atoms with Gasteiger partial charge in [-0.15, -0.1) is 5.92 Å². The van der Waals surface area contributed by atoms with Crippen LogP contribution in [0.2, 0.25) is 0 Å². The second-order valence-electron chi connectivity index (χ2n) is 0.750. The van der Waals surface area contributed by atoms with Gasteiger partial charge in [0.05, 0.1) is 0 Å². The van der Waals surface area contributed by atoms with Gasteiger partial charge in [0.2, 0.25) is 0 Å². The molecule has 0 atom stereocenters. The van der Waals surface area contributed by atoms with Crippen LogP contribution in [-0.2, 0) is 18.6 Å². The maximum Gasteiger partial charge on any atom is 0 e. The summed E-state index contributed by atoms with van der Waals surface area (Å²) < 4.78 is 0. The summed E-state index contributed by atoms with van der Waals surface area (Å²) in [5, 5.41) is 0. The van der Waals surface area contributed by atoms with E-state index in [0.29, 0.717) is 0 Å². The van der Waals surface area contributed by atoms with E-state index in [4.69, 9.17) is 6.42 Å². The van der Waals surface area contributed by atoms with Gasteiger partial charge in [-0.05, 0) is 12.8 Å². The molecule has 0 aromatic heterocycles. The van der Waals surface area contributed by atoms with Crippen molar-refractivity contribution in [2.45, 2.75) is 6.92 Å². The van der Waals surface area contributed by atoms with E-state index in [1.54, 1.807) is 6.92 Å². The smallest absolute Gasteiger partial charge is 0 e. The molecule has 0 spiro atoms. The van der Waals surface area contributed by atoms with Crippen molar-refractivity contribution >= 4 is 0 Å². The van der Waals surface area contributed by atoms with E-state index in [2.05, 4.69) is 23.7 Å². The fraction of sp³-hybridized carbons (Fsp3) is 0.143.